The predicted octanol–water partition coefficient (Wildman–Crippen LogP) is 2.88. The lowest BCUT2D eigenvalue weighted by Gasteiger charge is -2.08. The molecule has 1 aromatic carbocycles. The zero-order chi connectivity index (χ0) is 10.0. The minimum Gasteiger partial charge on any atom is -0.393 e. The molecule has 1 nitrogen and oxygen atoms in total. The largest absolute Gasteiger partial charge is 0.393 e. The molecule has 0 spiro atoms. The van der Waals surface area contributed by atoms with Gasteiger partial charge in [0.15, 0.2) is 0 Å². The van der Waals surface area contributed by atoms with Crippen LogP contribution in [0.25, 0.3) is 0 Å². The molecule has 0 saturated heterocycles. The Hall–Kier alpha value is -0.530. The van der Waals surface area contributed by atoms with Crippen molar-refractivity contribution in [3.8, 4) is 0 Å². The molecule has 0 unspecified atom stereocenters. The number of benzene rings is 1. The van der Waals surface area contributed by atoms with Crippen LogP contribution in [0.4, 0.5) is 0 Å². The minimum absolute atomic E-state index is 0.292. The van der Waals surface area contributed by atoms with E-state index < -0.39 is 0 Å². The molecule has 1 atom stereocenters. The van der Waals surface area contributed by atoms with Gasteiger partial charge in [0.05, 0.1) is 6.10 Å². The third kappa shape index (κ3) is 2.71. The van der Waals surface area contributed by atoms with Gasteiger partial charge in [-0.15, -0.1) is 0 Å². The zero-order valence-electron chi connectivity index (χ0n) is 8.26. The molecular formula is C11H15ClO. The molecule has 0 amide bonds. The van der Waals surface area contributed by atoms with E-state index in [0.717, 1.165) is 21.7 Å². The van der Waals surface area contributed by atoms with Gasteiger partial charge in [-0.3, -0.25) is 0 Å². The molecule has 72 valence electrons. The quantitative estimate of drug-likeness (QED) is 0.775. The van der Waals surface area contributed by atoms with E-state index in [1.807, 2.05) is 26.0 Å². The van der Waals surface area contributed by atoms with Crippen molar-refractivity contribution in [2.24, 2.45) is 0 Å². The van der Waals surface area contributed by atoms with E-state index >= 15 is 0 Å². The molecule has 0 heterocycles. The summed E-state index contributed by atoms with van der Waals surface area (Å²) in [5.74, 6) is 0. The first-order valence-electron chi connectivity index (χ1n) is 4.44. The van der Waals surface area contributed by atoms with Crippen LogP contribution >= 0.6 is 11.6 Å². The molecule has 0 radical (unpaired) electrons. The van der Waals surface area contributed by atoms with Crippen molar-refractivity contribution in [3.05, 3.63) is 33.8 Å². The maximum Gasteiger partial charge on any atom is 0.0552 e. The van der Waals surface area contributed by atoms with Gasteiger partial charge in [0, 0.05) is 5.02 Å². The third-order valence-corrected chi connectivity index (χ3v) is 2.62. The van der Waals surface area contributed by atoms with Crippen molar-refractivity contribution < 1.29 is 5.11 Å². The first-order chi connectivity index (χ1) is 6.00. The van der Waals surface area contributed by atoms with Crippen LogP contribution in [0.3, 0.4) is 0 Å². The highest BCUT2D eigenvalue weighted by Gasteiger charge is 2.04. The van der Waals surface area contributed by atoms with Crippen molar-refractivity contribution in [2.75, 3.05) is 0 Å². The van der Waals surface area contributed by atoms with Gasteiger partial charge in [0.25, 0.3) is 0 Å². The highest BCUT2D eigenvalue weighted by atomic mass is 35.5. The summed E-state index contributed by atoms with van der Waals surface area (Å²) in [6, 6.07) is 4.06. The van der Waals surface area contributed by atoms with E-state index in [2.05, 4.69) is 0 Å². The average Bonchev–Trinajstić information content (AvgIpc) is 1.98. The van der Waals surface area contributed by atoms with E-state index in [0.29, 0.717) is 6.42 Å². The fourth-order valence-electron chi connectivity index (χ4n) is 1.49. The number of halogens is 1. The lowest BCUT2D eigenvalue weighted by Crippen LogP contribution is -2.04. The summed E-state index contributed by atoms with van der Waals surface area (Å²) < 4.78 is 0. The fourth-order valence-corrected chi connectivity index (χ4v) is 1.60. The summed E-state index contributed by atoms with van der Waals surface area (Å²) in [4.78, 5) is 0. The second-order valence-electron chi connectivity index (χ2n) is 3.60. The highest BCUT2D eigenvalue weighted by molar-refractivity contribution is 6.32. The number of aryl methyl sites for hydroxylation is 2. The number of hydrogen-bond donors (Lipinski definition) is 1. The Bertz CT molecular complexity index is 282. The molecule has 0 aliphatic rings. The maximum absolute atomic E-state index is 9.22. The molecule has 0 saturated carbocycles. The van der Waals surface area contributed by atoms with Crippen molar-refractivity contribution in [1.82, 2.24) is 0 Å². The van der Waals surface area contributed by atoms with Crippen LogP contribution in [-0.2, 0) is 6.42 Å². The van der Waals surface area contributed by atoms with Crippen LogP contribution in [0.5, 0.6) is 0 Å². The molecule has 2 heteroatoms. The molecule has 0 aliphatic carbocycles. The normalized spacial score (nSPS) is 13.0. The zero-order valence-corrected chi connectivity index (χ0v) is 9.02. The first kappa shape index (κ1) is 10.6. The van der Waals surface area contributed by atoms with Gasteiger partial charge in [-0.25, -0.2) is 0 Å². The minimum atomic E-state index is -0.292. The second kappa shape index (κ2) is 4.12. The first-order valence-corrected chi connectivity index (χ1v) is 4.82. The number of aliphatic hydroxyl groups excluding tert-OH is 1. The summed E-state index contributed by atoms with van der Waals surface area (Å²) in [7, 11) is 0. The predicted molar refractivity (Wildman–Crippen MR) is 56.3 cm³/mol. The summed E-state index contributed by atoms with van der Waals surface area (Å²) in [6.45, 7) is 5.76. The summed E-state index contributed by atoms with van der Waals surface area (Å²) in [5.41, 5.74) is 3.31. The Morgan fingerprint density at radius 3 is 2.15 bits per heavy atom. The van der Waals surface area contributed by atoms with Crippen molar-refractivity contribution in [3.63, 3.8) is 0 Å². The summed E-state index contributed by atoms with van der Waals surface area (Å²) in [5, 5.41) is 10.1. The molecule has 1 aromatic rings. The van der Waals surface area contributed by atoms with Crippen molar-refractivity contribution in [2.45, 2.75) is 33.3 Å². The number of hydrogen-bond acceptors (Lipinski definition) is 1. The van der Waals surface area contributed by atoms with Crippen LogP contribution in [0, 0.1) is 13.8 Å². The Kier molecular flexibility index (Phi) is 3.34. The standard InChI is InChI=1S/C11H15ClO/c1-7-4-10(6-9(3)13)5-8(2)11(7)12/h4-5,9,13H,6H2,1-3H3/t9-/m1/s1. The maximum atomic E-state index is 9.22. The molecular weight excluding hydrogens is 184 g/mol. The van der Waals surface area contributed by atoms with Gasteiger partial charge in [0.1, 0.15) is 0 Å². The lowest BCUT2D eigenvalue weighted by atomic mass is 10.0. The number of rotatable bonds is 2. The molecule has 0 aromatic heterocycles. The monoisotopic (exact) mass is 198 g/mol. The Balaban J connectivity index is 2.99. The summed E-state index contributed by atoms with van der Waals surface area (Å²) in [6.07, 6.45) is 0.402. The van der Waals surface area contributed by atoms with Gasteiger partial charge in [-0.2, -0.15) is 0 Å². The fraction of sp³-hybridized carbons (Fsp3) is 0.455. The highest BCUT2D eigenvalue weighted by Crippen LogP contribution is 2.22. The van der Waals surface area contributed by atoms with Crippen LogP contribution in [0.2, 0.25) is 5.02 Å². The van der Waals surface area contributed by atoms with Gasteiger partial charge in [0.2, 0.25) is 0 Å². The van der Waals surface area contributed by atoms with Crippen LogP contribution < -0.4 is 0 Å². The molecule has 1 N–H and O–H groups in total. The van der Waals surface area contributed by atoms with Crippen LogP contribution in [0.1, 0.15) is 23.6 Å². The number of aliphatic hydroxyl groups is 1. The Morgan fingerprint density at radius 2 is 1.77 bits per heavy atom. The molecule has 0 bridgehead atoms. The van der Waals surface area contributed by atoms with Crippen LogP contribution in [-0.4, -0.2) is 11.2 Å². The van der Waals surface area contributed by atoms with E-state index in [-0.39, 0.29) is 6.10 Å². The van der Waals surface area contributed by atoms with Gasteiger partial charge >= 0.3 is 0 Å². The van der Waals surface area contributed by atoms with Gasteiger partial charge < -0.3 is 5.11 Å². The molecule has 0 fully saturated rings. The van der Waals surface area contributed by atoms with E-state index in [1.54, 1.807) is 6.92 Å². The molecule has 0 aliphatic heterocycles. The Labute approximate surface area is 84.4 Å². The molecule has 13 heavy (non-hydrogen) atoms. The van der Waals surface area contributed by atoms with Crippen molar-refractivity contribution >= 4 is 11.6 Å². The van der Waals surface area contributed by atoms with E-state index in [4.69, 9.17) is 11.6 Å². The van der Waals surface area contributed by atoms with Crippen molar-refractivity contribution in [1.29, 1.82) is 0 Å². The molecule has 1 rings (SSSR count). The van der Waals surface area contributed by atoms with Gasteiger partial charge in [-0.1, -0.05) is 23.7 Å². The second-order valence-corrected chi connectivity index (χ2v) is 3.97. The summed E-state index contributed by atoms with van der Waals surface area (Å²) >= 11 is 6.02. The Morgan fingerprint density at radius 1 is 1.31 bits per heavy atom. The average molecular weight is 199 g/mol. The van der Waals surface area contributed by atoms with Gasteiger partial charge in [-0.05, 0) is 43.9 Å². The SMILES string of the molecule is Cc1cc(C[C@@H](C)O)cc(C)c1Cl. The van der Waals surface area contributed by atoms with Crippen LogP contribution in [0.15, 0.2) is 12.1 Å². The smallest absolute Gasteiger partial charge is 0.0552 e. The van der Waals surface area contributed by atoms with E-state index in [9.17, 15) is 5.11 Å². The lowest BCUT2D eigenvalue weighted by molar-refractivity contribution is 0.195. The topological polar surface area (TPSA) is 20.2 Å². The van der Waals surface area contributed by atoms with E-state index in [1.165, 1.54) is 0 Å². The third-order valence-electron chi connectivity index (χ3n) is 2.03.